The van der Waals surface area contributed by atoms with Crippen molar-refractivity contribution in [2.75, 3.05) is 12.4 Å². The van der Waals surface area contributed by atoms with Gasteiger partial charge in [0.2, 0.25) is 0 Å². The number of nitrogens with zero attached hydrogens (tertiary/aromatic N) is 3. The lowest BCUT2D eigenvalue weighted by atomic mass is 10.2. The third-order valence-corrected chi connectivity index (χ3v) is 3.29. The monoisotopic (exact) mass is 322 g/mol. The zero-order chi connectivity index (χ0) is 16.9. The van der Waals surface area contributed by atoms with E-state index in [0.717, 1.165) is 0 Å². The Kier molecular flexibility index (Phi) is 4.33. The summed E-state index contributed by atoms with van der Waals surface area (Å²) >= 11 is 0. The number of benzene rings is 1. The van der Waals surface area contributed by atoms with Crippen molar-refractivity contribution >= 4 is 17.6 Å². The van der Waals surface area contributed by atoms with Crippen LogP contribution in [0.5, 0.6) is 0 Å². The van der Waals surface area contributed by atoms with Crippen LogP contribution in [-0.2, 0) is 4.74 Å². The molecule has 7 heteroatoms. The Hall–Kier alpha value is -3.48. The van der Waals surface area contributed by atoms with Gasteiger partial charge in [0.05, 0.1) is 18.2 Å². The number of esters is 1. The molecular weight excluding hydrogens is 308 g/mol. The van der Waals surface area contributed by atoms with E-state index in [0.29, 0.717) is 22.6 Å². The van der Waals surface area contributed by atoms with Crippen LogP contribution in [0.15, 0.2) is 61.1 Å². The average molecular weight is 322 g/mol. The van der Waals surface area contributed by atoms with Crippen LogP contribution in [0.4, 0.5) is 5.69 Å². The number of ether oxygens (including phenoxy) is 1. The molecule has 120 valence electrons. The molecule has 0 aliphatic heterocycles. The van der Waals surface area contributed by atoms with Crippen molar-refractivity contribution in [3.63, 3.8) is 0 Å². The van der Waals surface area contributed by atoms with Crippen LogP contribution >= 0.6 is 0 Å². The molecule has 0 fully saturated rings. The summed E-state index contributed by atoms with van der Waals surface area (Å²) in [6.07, 6.45) is 4.88. The molecule has 1 aromatic carbocycles. The normalized spacial score (nSPS) is 10.2. The van der Waals surface area contributed by atoms with Crippen molar-refractivity contribution < 1.29 is 14.3 Å². The first-order chi connectivity index (χ1) is 11.7. The molecule has 2 aromatic heterocycles. The number of aromatic nitrogens is 3. The lowest BCUT2D eigenvalue weighted by molar-refractivity contribution is 0.0600. The molecule has 0 spiro atoms. The highest BCUT2D eigenvalue weighted by atomic mass is 16.5. The minimum absolute atomic E-state index is 0.323. The topological polar surface area (TPSA) is 86.1 Å². The molecule has 3 rings (SSSR count). The van der Waals surface area contributed by atoms with Gasteiger partial charge in [-0.1, -0.05) is 6.07 Å². The molecular formula is C17H14N4O3. The number of anilines is 1. The van der Waals surface area contributed by atoms with E-state index in [2.05, 4.69) is 20.1 Å². The number of methoxy groups -OCH3 is 1. The van der Waals surface area contributed by atoms with Crippen LogP contribution < -0.4 is 5.32 Å². The van der Waals surface area contributed by atoms with Crippen LogP contribution in [0.3, 0.4) is 0 Å². The van der Waals surface area contributed by atoms with Gasteiger partial charge in [-0.2, -0.15) is 5.10 Å². The first kappa shape index (κ1) is 15.4. The number of hydrogen-bond acceptors (Lipinski definition) is 5. The fourth-order valence-corrected chi connectivity index (χ4v) is 2.11. The smallest absolute Gasteiger partial charge is 0.337 e. The third-order valence-electron chi connectivity index (χ3n) is 3.29. The molecule has 0 saturated heterocycles. The maximum atomic E-state index is 12.3. The maximum absolute atomic E-state index is 12.3. The number of carbonyl (C=O) groups is 2. The highest BCUT2D eigenvalue weighted by molar-refractivity contribution is 6.04. The highest BCUT2D eigenvalue weighted by Crippen LogP contribution is 2.13. The molecule has 0 saturated carbocycles. The lowest BCUT2D eigenvalue weighted by Gasteiger charge is -2.07. The molecule has 0 atom stereocenters. The van der Waals surface area contributed by atoms with Crippen molar-refractivity contribution in [2.45, 2.75) is 0 Å². The Balaban J connectivity index is 1.74. The number of pyridine rings is 1. The highest BCUT2D eigenvalue weighted by Gasteiger charge is 2.10. The second-order valence-electron chi connectivity index (χ2n) is 4.88. The molecule has 3 aromatic rings. The Labute approximate surface area is 137 Å². The number of amides is 1. The summed E-state index contributed by atoms with van der Waals surface area (Å²) in [5.74, 6) is -0.169. The first-order valence-corrected chi connectivity index (χ1v) is 7.13. The molecule has 0 unspecified atom stereocenters. The molecule has 0 aliphatic carbocycles. The zero-order valence-electron chi connectivity index (χ0n) is 12.8. The van der Waals surface area contributed by atoms with E-state index in [1.165, 1.54) is 13.3 Å². The maximum Gasteiger partial charge on any atom is 0.337 e. The molecule has 1 amide bonds. The van der Waals surface area contributed by atoms with Crippen molar-refractivity contribution in [3.8, 4) is 5.82 Å². The summed E-state index contributed by atoms with van der Waals surface area (Å²) in [5, 5.41) is 6.80. The largest absolute Gasteiger partial charge is 0.465 e. The van der Waals surface area contributed by atoms with Gasteiger partial charge in [0.15, 0.2) is 5.82 Å². The second kappa shape index (κ2) is 6.74. The van der Waals surface area contributed by atoms with E-state index in [-0.39, 0.29) is 5.91 Å². The summed E-state index contributed by atoms with van der Waals surface area (Å²) in [6.45, 7) is 0. The number of carbonyl (C=O) groups excluding carboxylic acids is 2. The summed E-state index contributed by atoms with van der Waals surface area (Å²) in [7, 11) is 1.31. The van der Waals surface area contributed by atoms with Gasteiger partial charge in [-0.3, -0.25) is 4.79 Å². The quantitative estimate of drug-likeness (QED) is 0.745. The van der Waals surface area contributed by atoms with Gasteiger partial charge in [0.1, 0.15) is 0 Å². The van der Waals surface area contributed by atoms with E-state index in [9.17, 15) is 9.59 Å². The number of hydrogen-bond donors (Lipinski definition) is 1. The van der Waals surface area contributed by atoms with E-state index < -0.39 is 5.97 Å². The lowest BCUT2D eigenvalue weighted by Crippen LogP contribution is -2.13. The zero-order valence-corrected chi connectivity index (χ0v) is 12.8. The van der Waals surface area contributed by atoms with Gasteiger partial charge in [-0.15, -0.1) is 0 Å². The summed E-state index contributed by atoms with van der Waals surface area (Å²) in [6, 6.07) is 11.7. The summed E-state index contributed by atoms with van der Waals surface area (Å²) in [4.78, 5) is 28.0. The third kappa shape index (κ3) is 3.30. The average Bonchev–Trinajstić information content (AvgIpc) is 3.16. The predicted octanol–water partition coefficient (Wildman–Crippen LogP) is 2.31. The molecule has 7 nitrogen and oxygen atoms in total. The Morgan fingerprint density at radius 3 is 2.67 bits per heavy atom. The van der Waals surface area contributed by atoms with Crippen molar-refractivity contribution in [2.24, 2.45) is 0 Å². The number of nitrogens with one attached hydrogen (secondary N) is 1. The van der Waals surface area contributed by atoms with E-state index in [1.807, 2.05) is 0 Å². The standard InChI is InChI=1S/C17H14N4O3/c1-24-17(23)12-4-2-5-14(10-12)20-16(22)13-6-7-15(18-11-13)21-9-3-8-19-21/h2-11H,1H3,(H,20,22). The molecule has 0 radical (unpaired) electrons. The molecule has 24 heavy (non-hydrogen) atoms. The Bertz CT molecular complexity index is 858. The van der Waals surface area contributed by atoms with Crippen molar-refractivity contribution in [1.82, 2.24) is 14.8 Å². The van der Waals surface area contributed by atoms with Crippen molar-refractivity contribution in [1.29, 1.82) is 0 Å². The van der Waals surface area contributed by atoms with E-state index in [4.69, 9.17) is 0 Å². The van der Waals surface area contributed by atoms with Gasteiger partial charge < -0.3 is 10.1 Å². The number of rotatable bonds is 4. The first-order valence-electron chi connectivity index (χ1n) is 7.13. The molecule has 0 aliphatic rings. The van der Waals surface area contributed by atoms with Gasteiger partial charge in [-0.25, -0.2) is 14.5 Å². The molecule has 0 bridgehead atoms. The molecule has 2 heterocycles. The predicted molar refractivity (Wildman–Crippen MR) is 87.1 cm³/mol. The Morgan fingerprint density at radius 2 is 2.00 bits per heavy atom. The van der Waals surface area contributed by atoms with Crippen LogP contribution in [-0.4, -0.2) is 33.8 Å². The second-order valence-corrected chi connectivity index (χ2v) is 4.88. The van der Waals surface area contributed by atoms with Gasteiger partial charge in [-0.05, 0) is 36.4 Å². The van der Waals surface area contributed by atoms with Gasteiger partial charge in [0.25, 0.3) is 5.91 Å². The summed E-state index contributed by atoms with van der Waals surface area (Å²) < 4.78 is 6.26. The van der Waals surface area contributed by atoms with E-state index in [1.54, 1.807) is 59.5 Å². The minimum atomic E-state index is -0.462. The fourth-order valence-electron chi connectivity index (χ4n) is 2.11. The SMILES string of the molecule is COC(=O)c1cccc(NC(=O)c2ccc(-n3cccn3)nc2)c1. The molecule has 1 N–H and O–H groups in total. The summed E-state index contributed by atoms with van der Waals surface area (Å²) in [5.41, 5.74) is 1.26. The Morgan fingerprint density at radius 1 is 1.12 bits per heavy atom. The van der Waals surface area contributed by atoms with Crippen molar-refractivity contribution in [3.05, 3.63) is 72.2 Å². The van der Waals surface area contributed by atoms with E-state index >= 15 is 0 Å². The van der Waals surface area contributed by atoms with Crippen LogP contribution in [0.2, 0.25) is 0 Å². The van der Waals surface area contributed by atoms with Crippen LogP contribution in [0, 0.1) is 0 Å². The van der Waals surface area contributed by atoms with Crippen LogP contribution in [0.25, 0.3) is 5.82 Å². The fraction of sp³-hybridized carbons (Fsp3) is 0.0588. The van der Waals surface area contributed by atoms with Gasteiger partial charge in [0, 0.05) is 24.3 Å². The van der Waals surface area contributed by atoms with Crippen LogP contribution in [0.1, 0.15) is 20.7 Å². The van der Waals surface area contributed by atoms with Gasteiger partial charge >= 0.3 is 5.97 Å². The minimum Gasteiger partial charge on any atom is -0.465 e.